The maximum atomic E-state index is 10.5. The fourth-order valence-electron chi connectivity index (χ4n) is 1.17. The van der Waals surface area contributed by atoms with E-state index in [-0.39, 0.29) is 29.0 Å². The normalized spacial score (nSPS) is 10.0. The van der Waals surface area contributed by atoms with Crippen LogP contribution in [0.5, 0.6) is 5.75 Å². The van der Waals surface area contributed by atoms with Gasteiger partial charge in [0.1, 0.15) is 12.0 Å². The summed E-state index contributed by atoms with van der Waals surface area (Å²) in [6.07, 6.45) is 0.574. The lowest BCUT2D eigenvalue weighted by Gasteiger charge is -2.08. The van der Waals surface area contributed by atoms with Crippen LogP contribution in [0.1, 0.15) is 21.5 Å². The van der Waals surface area contributed by atoms with Crippen LogP contribution in [0.25, 0.3) is 0 Å². The highest BCUT2D eigenvalue weighted by Gasteiger charge is 2.10. The number of aldehydes is 1. The molecule has 1 rings (SSSR count). The van der Waals surface area contributed by atoms with Gasteiger partial charge in [0, 0.05) is 11.1 Å². The summed E-state index contributed by atoms with van der Waals surface area (Å²) >= 11 is 0. The second kappa shape index (κ2) is 4.02. The van der Waals surface area contributed by atoms with Crippen LogP contribution in [0.3, 0.4) is 0 Å². The van der Waals surface area contributed by atoms with E-state index in [4.69, 9.17) is 10.2 Å². The smallest absolute Gasteiger partial charge is 0.150 e. The molecule has 13 heavy (non-hydrogen) atoms. The summed E-state index contributed by atoms with van der Waals surface area (Å²) in [6.45, 7) is -0.776. The third kappa shape index (κ3) is 1.68. The largest absolute Gasteiger partial charge is 0.508 e. The van der Waals surface area contributed by atoms with Gasteiger partial charge in [0.25, 0.3) is 0 Å². The van der Waals surface area contributed by atoms with Crippen molar-refractivity contribution in [2.24, 2.45) is 0 Å². The van der Waals surface area contributed by atoms with Gasteiger partial charge in [-0.15, -0.1) is 0 Å². The molecule has 0 aliphatic rings. The first kappa shape index (κ1) is 9.70. The molecule has 0 saturated heterocycles. The lowest BCUT2D eigenvalue weighted by Crippen LogP contribution is -1.99. The molecular formula is C9H10O4. The van der Waals surface area contributed by atoms with Crippen LogP contribution in [0, 0.1) is 0 Å². The standard InChI is InChI=1S/C9H10O4/c10-3-6-1-2-9(13)8(5-12)7(6)4-11/h1-3,11-13H,4-5H2. The number of aliphatic hydroxyl groups is 2. The molecule has 0 amide bonds. The highest BCUT2D eigenvalue weighted by Crippen LogP contribution is 2.23. The van der Waals surface area contributed by atoms with Gasteiger partial charge in [-0.2, -0.15) is 0 Å². The van der Waals surface area contributed by atoms with E-state index in [1.165, 1.54) is 12.1 Å². The zero-order valence-electron chi connectivity index (χ0n) is 6.90. The monoisotopic (exact) mass is 182 g/mol. The van der Waals surface area contributed by atoms with Crippen molar-refractivity contribution < 1.29 is 20.1 Å². The molecule has 0 spiro atoms. The quantitative estimate of drug-likeness (QED) is 0.583. The number of benzene rings is 1. The van der Waals surface area contributed by atoms with E-state index in [0.29, 0.717) is 6.29 Å². The van der Waals surface area contributed by atoms with Crippen LogP contribution in [0.2, 0.25) is 0 Å². The highest BCUT2D eigenvalue weighted by molar-refractivity contribution is 5.78. The van der Waals surface area contributed by atoms with Gasteiger partial charge in [-0.1, -0.05) is 0 Å². The van der Waals surface area contributed by atoms with Crippen LogP contribution in [-0.2, 0) is 13.2 Å². The molecule has 4 nitrogen and oxygen atoms in total. The van der Waals surface area contributed by atoms with Gasteiger partial charge in [0.05, 0.1) is 13.2 Å². The summed E-state index contributed by atoms with van der Waals surface area (Å²) in [5.74, 6) is -0.114. The lowest BCUT2D eigenvalue weighted by molar-refractivity contribution is 0.112. The lowest BCUT2D eigenvalue weighted by atomic mass is 10.0. The van der Waals surface area contributed by atoms with E-state index in [1.807, 2.05) is 0 Å². The maximum absolute atomic E-state index is 10.5. The summed E-state index contributed by atoms with van der Waals surface area (Å²) in [4.78, 5) is 10.5. The molecule has 3 N–H and O–H groups in total. The molecule has 1 aromatic rings. The first-order valence-electron chi connectivity index (χ1n) is 3.75. The molecule has 4 heteroatoms. The van der Waals surface area contributed by atoms with Gasteiger partial charge in [-0.3, -0.25) is 4.79 Å². The fraction of sp³-hybridized carbons (Fsp3) is 0.222. The van der Waals surface area contributed by atoms with Crippen molar-refractivity contribution in [1.29, 1.82) is 0 Å². The van der Waals surface area contributed by atoms with Gasteiger partial charge in [-0.25, -0.2) is 0 Å². The third-order valence-corrected chi connectivity index (χ3v) is 1.89. The number of hydrogen-bond donors (Lipinski definition) is 3. The molecule has 1 aromatic carbocycles. The van der Waals surface area contributed by atoms with Crippen LogP contribution in [-0.4, -0.2) is 21.6 Å². The Labute approximate surface area is 75.1 Å². The van der Waals surface area contributed by atoms with Crippen molar-refractivity contribution in [3.63, 3.8) is 0 Å². The van der Waals surface area contributed by atoms with Crippen LogP contribution < -0.4 is 0 Å². The van der Waals surface area contributed by atoms with Gasteiger partial charge in [0.15, 0.2) is 0 Å². The Morgan fingerprint density at radius 2 is 1.77 bits per heavy atom. The molecule has 0 saturated carbocycles. The van der Waals surface area contributed by atoms with Crippen molar-refractivity contribution in [3.05, 3.63) is 28.8 Å². The molecule has 0 fully saturated rings. The van der Waals surface area contributed by atoms with Gasteiger partial charge < -0.3 is 15.3 Å². The van der Waals surface area contributed by atoms with E-state index in [0.717, 1.165) is 0 Å². The Morgan fingerprint density at radius 1 is 1.15 bits per heavy atom. The van der Waals surface area contributed by atoms with Crippen LogP contribution >= 0.6 is 0 Å². The molecule has 0 aliphatic carbocycles. The second-order valence-corrected chi connectivity index (χ2v) is 2.57. The zero-order valence-corrected chi connectivity index (χ0v) is 6.90. The van der Waals surface area contributed by atoms with Gasteiger partial charge in [0.2, 0.25) is 0 Å². The SMILES string of the molecule is O=Cc1ccc(O)c(CO)c1CO. The summed E-state index contributed by atoms with van der Waals surface area (Å²) in [7, 11) is 0. The minimum atomic E-state index is -0.399. The van der Waals surface area contributed by atoms with Crippen LogP contribution in [0.15, 0.2) is 12.1 Å². The minimum absolute atomic E-state index is 0.114. The molecule has 0 radical (unpaired) electrons. The Kier molecular flexibility index (Phi) is 3.00. The third-order valence-electron chi connectivity index (χ3n) is 1.89. The van der Waals surface area contributed by atoms with E-state index < -0.39 is 6.61 Å². The first-order valence-corrected chi connectivity index (χ1v) is 3.75. The topological polar surface area (TPSA) is 77.8 Å². The number of carbonyl (C=O) groups is 1. The molecule has 0 atom stereocenters. The average Bonchev–Trinajstić information content (AvgIpc) is 2.17. The summed E-state index contributed by atoms with van der Waals surface area (Å²) in [5.41, 5.74) is 0.758. The number of aliphatic hydroxyl groups excluding tert-OH is 2. The van der Waals surface area contributed by atoms with Crippen molar-refractivity contribution in [2.75, 3.05) is 0 Å². The molecule has 0 heterocycles. The Bertz CT molecular complexity index is 320. The number of hydrogen-bond acceptors (Lipinski definition) is 4. The highest BCUT2D eigenvalue weighted by atomic mass is 16.3. The molecule has 0 aromatic heterocycles. The van der Waals surface area contributed by atoms with Crippen molar-refractivity contribution in [2.45, 2.75) is 13.2 Å². The van der Waals surface area contributed by atoms with Crippen molar-refractivity contribution in [1.82, 2.24) is 0 Å². The summed E-state index contributed by atoms with van der Waals surface area (Å²) in [6, 6.07) is 2.71. The fourth-order valence-corrected chi connectivity index (χ4v) is 1.17. The summed E-state index contributed by atoms with van der Waals surface area (Å²) in [5, 5.41) is 27.0. The molecule has 0 aliphatic heterocycles. The number of carbonyl (C=O) groups excluding carboxylic acids is 1. The first-order chi connectivity index (χ1) is 6.24. The molecule has 70 valence electrons. The van der Waals surface area contributed by atoms with Gasteiger partial charge in [-0.05, 0) is 17.7 Å². The van der Waals surface area contributed by atoms with Gasteiger partial charge >= 0.3 is 0 Å². The van der Waals surface area contributed by atoms with E-state index >= 15 is 0 Å². The number of rotatable bonds is 3. The predicted molar refractivity (Wildman–Crippen MR) is 45.3 cm³/mol. The molecular weight excluding hydrogens is 172 g/mol. The maximum Gasteiger partial charge on any atom is 0.150 e. The van der Waals surface area contributed by atoms with E-state index in [9.17, 15) is 9.90 Å². The molecule has 0 unspecified atom stereocenters. The second-order valence-electron chi connectivity index (χ2n) is 2.57. The Morgan fingerprint density at radius 3 is 2.23 bits per heavy atom. The number of aromatic hydroxyl groups is 1. The van der Waals surface area contributed by atoms with Crippen molar-refractivity contribution >= 4 is 6.29 Å². The zero-order chi connectivity index (χ0) is 9.84. The average molecular weight is 182 g/mol. The molecule has 0 bridgehead atoms. The van der Waals surface area contributed by atoms with Crippen LogP contribution in [0.4, 0.5) is 0 Å². The van der Waals surface area contributed by atoms with E-state index in [1.54, 1.807) is 0 Å². The van der Waals surface area contributed by atoms with E-state index in [2.05, 4.69) is 0 Å². The number of phenols is 1. The Hall–Kier alpha value is -1.39. The van der Waals surface area contributed by atoms with Crippen molar-refractivity contribution in [3.8, 4) is 5.75 Å². The summed E-state index contributed by atoms with van der Waals surface area (Å²) < 4.78 is 0. The Balaban J connectivity index is 3.35. The minimum Gasteiger partial charge on any atom is -0.508 e. The predicted octanol–water partition coefficient (Wildman–Crippen LogP) is 0.189.